The maximum atomic E-state index is 12.2. The molecule has 0 spiro atoms. The molecule has 0 aliphatic heterocycles. The first-order valence-electron chi connectivity index (χ1n) is 7.39. The fraction of sp³-hybridized carbons (Fsp3) is 0.0556. The molecule has 2 aromatic carbocycles. The number of hydrogen-bond acceptors (Lipinski definition) is 4. The van der Waals surface area contributed by atoms with E-state index in [-0.39, 0.29) is 18.3 Å². The number of carbonyl (C=O) groups is 1. The number of rotatable bonds is 5. The second kappa shape index (κ2) is 7.96. The quantitative estimate of drug-likeness (QED) is 0.700. The van der Waals surface area contributed by atoms with Gasteiger partial charge in [0.2, 0.25) is 5.91 Å². The van der Waals surface area contributed by atoms with Crippen LogP contribution in [0.15, 0.2) is 60.9 Å². The predicted octanol–water partition coefficient (Wildman–Crippen LogP) is 4.76. The number of halogens is 2. The van der Waals surface area contributed by atoms with E-state index in [9.17, 15) is 4.79 Å². The highest BCUT2D eigenvalue weighted by Gasteiger charge is 2.11. The number of hydrogen-bond donors (Lipinski definition) is 1. The van der Waals surface area contributed by atoms with E-state index in [0.29, 0.717) is 27.0 Å². The second-order valence-electron chi connectivity index (χ2n) is 5.08. The summed E-state index contributed by atoms with van der Waals surface area (Å²) in [4.78, 5) is 20.1. The minimum Gasteiger partial charge on any atom is -0.424 e. The Morgan fingerprint density at radius 1 is 0.960 bits per heavy atom. The number of carbonyl (C=O) groups excluding carboxylic acids is 1. The van der Waals surface area contributed by atoms with Gasteiger partial charge in [-0.2, -0.15) is 0 Å². The van der Waals surface area contributed by atoms with E-state index in [0.717, 1.165) is 0 Å². The fourth-order valence-corrected chi connectivity index (χ4v) is 2.65. The summed E-state index contributed by atoms with van der Waals surface area (Å²) in [6.07, 6.45) is 3.28. The second-order valence-corrected chi connectivity index (χ2v) is 5.90. The molecule has 0 radical (unpaired) electrons. The number of benzene rings is 2. The van der Waals surface area contributed by atoms with Crippen LogP contribution in [-0.2, 0) is 11.2 Å². The van der Waals surface area contributed by atoms with Crippen LogP contribution in [0.5, 0.6) is 11.8 Å². The third kappa shape index (κ3) is 4.68. The lowest BCUT2D eigenvalue weighted by molar-refractivity contribution is -0.115. The molecule has 0 unspecified atom stereocenters. The maximum Gasteiger partial charge on any atom is 0.321 e. The van der Waals surface area contributed by atoms with Gasteiger partial charge in [0.1, 0.15) is 5.75 Å². The van der Waals surface area contributed by atoms with Crippen molar-refractivity contribution >= 4 is 34.8 Å². The third-order valence-electron chi connectivity index (χ3n) is 3.29. The summed E-state index contributed by atoms with van der Waals surface area (Å²) in [6, 6.07) is 14.0. The molecule has 0 saturated carbocycles. The standard InChI is InChI=1S/C18H13Cl2N3O2/c19-15-3-1-4-16(20)14(15)11-17(24)23-12-5-7-13(8-6-12)25-18-21-9-2-10-22-18/h1-10H,11H2,(H,23,24). The molecular formula is C18H13Cl2N3O2. The Kier molecular flexibility index (Phi) is 5.48. The van der Waals surface area contributed by atoms with Gasteiger partial charge in [0, 0.05) is 28.1 Å². The summed E-state index contributed by atoms with van der Waals surface area (Å²) in [5.41, 5.74) is 1.24. The first kappa shape index (κ1) is 17.2. The van der Waals surface area contributed by atoms with Crippen molar-refractivity contribution in [2.24, 2.45) is 0 Å². The van der Waals surface area contributed by atoms with E-state index in [4.69, 9.17) is 27.9 Å². The van der Waals surface area contributed by atoms with E-state index in [1.54, 1.807) is 60.9 Å². The Morgan fingerprint density at radius 2 is 1.60 bits per heavy atom. The lowest BCUT2D eigenvalue weighted by Crippen LogP contribution is -2.14. The van der Waals surface area contributed by atoms with Crippen LogP contribution in [0.1, 0.15) is 5.56 Å². The monoisotopic (exact) mass is 373 g/mol. The third-order valence-corrected chi connectivity index (χ3v) is 4.00. The highest BCUT2D eigenvalue weighted by atomic mass is 35.5. The molecule has 0 atom stereocenters. The van der Waals surface area contributed by atoms with Crippen LogP contribution in [0.2, 0.25) is 10.0 Å². The van der Waals surface area contributed by atoms with E-state index < -0.39 is 0 Å². The molecule has 126 valence electrons. The number of anilines is 1. The lowest BCUT2D eigenvalue weighted by atomic mass is 10.1. The molecule has 1 amide bonds. The summed E-state index contributed by atoms with van der Waals surface area (Å²) in [7, 11) is 0. The van der Waals surface area contributed by atoms with Crippen molar-refractivity contribution in [2.45, 2.75) is 6.42 Å². The first-order valence-corrected chi connectivity index (χ1v) is 8.15. The molecule has 5 nitrogen and oxygen atoms in total. The predicted molar refractivity (Wildman–Crippen MR) is 97.3 cm³/mol. The van der Waals surface area contributed by atoms with Gasteiger partial charge in [-0.05, 0) is 48.0 Å². The van der Waals surface area contributed by atoms with Crippen molar-refractivity contribution < 1.29 is 9.53 Å². The van der Waals surface area contributed by atoms with Crippen LogP contribution in [0.4, 0.5) is 5.69 Å². The van der Waals surface area contributed by atoms with Crippen molar-refractivity contribution in [2.75, 3.05) is 5.32 Å². The SMILES string of the molecule is O=C(Cc1c(Cl)cccc1Cl)Nc1ccc(Oc2ncccn2)cc1. The Labute approximate surface area is 154 Å². The fourth-order valence-electron chi connectivity index (χ4n) is 2.12. The number of amides is 1. The van der Waals surface area contributed by atoms with Crippen molar-refractivity contribution in [1.29, 1.82) is 0 Å². The molecule has 0 aliphatic carbocycles. The summed E-state index contributed by atoms with van der Waals surface area (Å²) in [6.45, 7) is 0. The number of nitrogens with zero attached hydrogens (tertiary/aromatic N) is 2. The van der Waals surface area contributed by atoms with Gasteiger partial charge in [-0.1, -0.05) is 29.3 Å². The van der Waals surface area contributed by atoms with Gasteiger partial charge in [-0.15, -0.1) is 0 Å². The van der Waals surface area contributed by atoms with Crippen LogP contribution < -0.4 is 10.1 Å². The maximum absolute atomic E-state index is 12.2. The molecule has 0 saturated heterocycles. The van der Waals surface area contributed by atoms with E-state index in [2.05, 4.69) is 15.3 Å². The molecule has 3 aromatic rings. The summed E-state index contributed by atoms with van der Waals surface area (Å²) in [5, 5.41) is 3.73. The Balaban J connectivity index is 1.62. The molecule has 1 heterocycles. The number of nitrogens with one attached hydrogen (secondary N) is 1. The average Bonchev–Trinajstić information content (AvgIpc) is 2.61. The topological polar surface area (TPSA) is 64.1 Å². The molecule has 0 aliphatic rings. The van der Waals surface area contributed by atoms with Gasteiger partial charge in [-0.25, -0.2) is 9.97 Å². The molecule has 1 aromatic heterocycles. The highest BCUT2D eigenvalue weighted by molar-refractivity contribution is 6.36. The smallest absolute Gasteiger partial charge is 0.321 e. The van der Waals surface area contributed by atoms with Crippen LogP contribution >= 0.6 is 23.2 Å². The van der Waals surface area contributed by atoms with Gasteiger partial charge in [-0.3, -0.25) is 4.79 Å². The van der Waals surface area contributed by atoms with E-state index >= 15 is 0 Å². The first-order chi connectivity index (χ1) is 12.1. The zero-order valence-electron chi connectivity index (χ0n) is 12.9. The van der Waals surface area contributed by atoms with Crippen LogP contribution in [-0.4, -0.2) is 15.9 Å². The zero-order valence-corrected chi connectivity index (χ0v) is 14.5. The molecule has 3 rings (SSSR count). The van der Waals surface area contributed by atoms with Crippen molar-refractivity contribution in [3.63, 3.8) is 0 Å². The van der Waals surface area contributed by atoms with Gasteiger partial charge in [0.05, 0.1) is 6.42 Å². The summed E-state index contributed by atoms with van der Waals surface area (Å²) >= 11 is 12.2. The van der Waals surface area contributed by atoms with E-state index in [1.807, 2.05) is 0 Å². The van der Waals surface area contributed by atoms with Crippen LogP contribution in [0.3, 0.4) is 0 Å². The minimum absolute atomic E-state index is 0.0919. The Morgan fingerprint density at radius 3 is 2.24 bits per heavy atom. The largest absolute Gasteiger partial charge is 0.424 e. The van der Waals surface area contributed by atoms with Crippen molar-refractivity contribution in [1.82, 2.24) is 9.97 Å². The van der Waals surface area contributed by atoms with Crippen molar-refractivity contribution in [3.8, 4) is 11.8 Å². The molecule has 0 bridgehead atoms. The van der Waals surface area contributed by atoms with Gasteiger partial charge in [0.25, 0.3) is 0 Å². The molecular weight excluding hydrogens is 361 g/mol. The Bertz CT molecular complexity index is 851. The summed E-state index contributed by atoms with van der Waals surface area (Å²) in [5.74, 6) is 0.355. The van der Waals surface area contributed by atoms with Gasteiger partial charge in [0.15, 0.2) is 0 Å². The molecule has 25 heavy (non-hydrogen) atoms. The minimum atomic E-state index is -0.213. The van der Waals surface area contributed by atoms with Gasteiger partial charge < -0.3 is 10.1 Å². The van der Waals surface area contributed by atoms with E-state index in [1.165, 1.54) is 0 Å². The molecule has 7 heteroatoms. The number of ether oxygens (including phenoxy) is 1. The van der Waals surface area contributed by atoms with Crippen molar-refractivity contribution in [3.05, 3.63) is 76.5 Å². The molecule has 0 fully saturated rings. The zero-order chi connectivity index (χ0) is 17.6. The van der Waals surface area contributed by atoms with Gasteiger partial charge >= 0.3 is 6.01 Å². The highest BCUT2D eigenvalue weighted by Crippen LogP contribution is 2.25. The number of aromatic nitrogens is 2. The lowest BCUT2D eigenvalue weighted by Gasteiger charge is -2.09. The molecule has 1 N–H and O–H groups in total. The Hall–Kier alpha value is -2.63. The normalized spacial score (nSPS) is 10.3. The summed E-state index contributed by atoms with van der Waals surface area (Å²) < 4.78 is 5.50. The van der Waals surface area contributed by atoms with Crippen LogP contribution in [0.25, 0.3) is 0 Å². The average molecular weight is 374 g/mol. The van der Waals surface area contributed by atoms with Crippen LogP contribution in [0, 0.1) is 0 Å².